The molecule has 10 heteroatoms. The fraction of sp³-hybridized carbons (Fsp3) is 0.235. The number of anilines is 2. The van der Waals surface area contributed by atoms with Gasteiger partial charge in [0.2, 0.25) is 15.9 Å². The first-order chi connectivity index (χ1) is 12.5. The van der Waals surface area contributed by atoms with Crippen molar-refractivity contribution in [3.05, 3.63) is 63.2 Å². The van der Waals surface area contributed by atoms with Crippen molar-refractivity contribution >= 4 is 44.6 Å². The number of hydrogen-bond acceptors (Lipinski definition) is 5. The van der Waals surface area contributed by atoms with Gasteiger partial charge in [0.15, 0.2) is 0 Å². The lowest BCUT2D eigenvalue weighted by Crippen LogP contribution is -2.45. The maximum Gasteiger partial charge on any atom is 0.271 e. The van der Waals surface area contributed by atoms with E-state index < -0.39 is 26.9 Å². The molecule has 0 bridgehead atoms. The number of hydrogen-bond donors (Lipinski definition) is 1. The second kappa shape index (κ2) is 7.93. The average Bonchev–Trinajstić information content (AvgIpc) is 2.57. The zero-order valence-electron chi connectivity index (χ0n) is 14.8. The summed E-state index contributed by atoms with van der Waals surface area (Å²) in [6.07, 6.45) is 0.991. The molecule has 0 saturated carbocycles. The molecule has 1 amide bonds. The van der Waals surface area contributed by atoms with Crippen molar-refractivity contribution in [1.82, 2.24) is 0 Å². The van der Waals surface area contributed by atoms with Crippen LogP contribution in [-0.4, -0.2) is 31.5 Å². The number of aryl methyl sites for hydroxylation is 1. The number of sulfonamides is 1. The van der Waals surface area contributed by atoms with Gasteiger partial charge in [-0.3, -0.25) is 19.2 Å². The largest absolute Gasteiger partial charge is 0.324 e. The van der Waals surface area contributed by atoms with E-state index >= 15 is 0 Å². The van der Waals surface area contributed by atoms with Crippen LogP contribution in [0.3, 0.4) is 0 Å². The molecule has 0 aliphatic heterocycles. The van der Waals surface area contributed by atoms with Gasteiger partial charge in [0.05, 0.1) is 16.9 Å². The molecule has 1 atom stereocenters. The van der Waals surface area contributed by atoms with Crippen LogP contribution in [-0.2, 0) is 14.8 Å². The number of halogens is 1. The molecule has 0 heterocycles. The number of nitro groups is 1. The highest BCUT2D eigenvalue weighted by molar-refractivity contribution is 7.92. The molecular weight excluding hydrogens is 394 g/mol. The number of non-ortho nitro benzene ring substituents is 1. The second-order valence-electron chi connectivity index (χ2n) is 5.96. The van der Waals surface area contributed by atoms with E-state index in [-0.39, 0.29) is 17.1 Å². The minimum Gasteiger partial charge on any atom is -0.324 e. The fourth-order valence-electron chi connectivity index (χ4n) is 2.54. The summed E-state index contributed by atoms with van der Waals surface area (Å²) in [6.45, 7) is 3.13. The highest BCUT2D eigenvalue weighted by Gasteiger charge is 2.30. The topological polar surface area (TPSA) is 110 Å². The van der Waals surface area contributed by atoms with Gasteiger partial charge < -0.3 is 5.32 Å². The number of benzene rings is 2. The lowest BCUT2D eigenvalue weighted by molar-refractivity contribution is -0.384. The normalized spacial score (nSPS) is 12.3. The monoisotopic (exact) mass is 411 g/mol. The van der Waals surface area contributed by atoms with Crippen molar-refractivity contribution in [2.75, 3.05) is 15.9 Å². The Bertz CT molecular complexity index is 994. The summed E-state index contributed by atoms with van der Waals surface area (Å²) in [5, 5.41) is 13.7. The van der Waals surface area contributed by atoms with Crippen LogP contribution < -0.4 is 9.62 Å². The van der Waals surface area contributed by atoms with E-state index in [1.54, 1.807) is 19.1 Å². The van der Waals surface area contributed by atoms with Crippen LogP contribution in [0.2, 0.25) is 5.02 Å². The Kier molecular flexibility index (Phi) is 6.07. The van der Waals surface area contributed by atoms with Crippen molar-refractivity contribution < 1.29 is 18.1 Å². The Morgan fingerprint density at radius 3 is 2.52 bits per heavy atom. The van der Waals surface area contributed by atoms with Crippen molar-refractivity contribution in [2.45, 2.75) is 19.9 Å². The van der Waals surface area contributed by atoms with Gasteiger partial charge >= 0.3 is 0 Å². The number of nitrogens with zero attached hydrogens (tertiary/aromatic N) is 2. The molecule has 27 heavy (non-hydrogen) atoms. The summed E-state index contributed by atoms with van der Waals surface area (Å²) in [4.78, 5) is 22.9. The van der Waals surface area contributed by atoms with Gasteiger partial charge in [0, 0.05) is 22.8 Å². The number of nitrogens with one attached hydrogen (secondary N) is 1. The van der Waals surface area contributed by atoms with Crippen LogP contribution in [0.15, 0.2) is 42.5 Å². The third kappa shape index (κ3) is 4.95. The van der Waals surface area contributed by atoms with Gasteiger partial charge in [0.1, 0.15) is 6.04 Å². The maximum absolute atomic E-state index is 12.6. The van der Waals surface area contributed by atoms with E-state index in [1.165, 1.54) is 37.3 Å². The van der Waals surface area contributed by atoms with Gasteiger partial charge in [-0.2, -0.15) is 0 Å². The van der Waals surface area contributed by atoms with Crippen molar-refractivity contribution in [1.29, 1.82) is 0 Å². The van der Waals surface area contributed by atoms with Crippen LogP contribution in [0, 0.1) is 17.0 Å². The minimum absolute atomic E-state index is 0.189. The van der Waals surface area contributed by atoms with Crippen LogP contribution in [0.5, 0.6) is 0 Å². The molecule has 0 spiro atoms. The Labute approximate surface area is 162 Å². The molecule has 0 aromatic heterocycles. The van der Waals surface area contributed by atoms with Gasteiger partial charge in [0.25, 0.3) is 5.69 Å². The Morgan fingerprint density at radius 1 is 1.26 bits per heavy atom. The van der Waals surface area contributed by atoms with Crippen LogP contribution in [0.25, 0.3) is 0 Å². The second-order valence-corrected chi connectivity index (χ2v) is 8.26. The molecule has 0 unspecified atom stereocenters. The third-order valence-electron chi connectivity index (χ3n) is 3.82. The van der Waals surface area contributed by atoms with Crippen molar-refractivity contribution in [3.63, 3.8) is 0 Å². The molecule has 0 fully saturated rings. The summed E-state index contributed by atoms with van der Waals surface area (Å²) in [5.74, 6) is -0.639. The van der Waals surface area contributed by atoms with Gasteiger partial charge in [-0.25, -0.2) is 8.42 Å². The molecule has 0 aliphatic rings. The predicted octanol–water partition coefficient (Wildman–Crippen LogP) is 3.35. The number of amides is 1. The SMILES string of the molecule is Cc1ccc(Cl)cc1N([C@H](C)C(=O)Nc1cccc([N+](=O)[O-])c1)S(C)(=O)=O. The fourth-order valence-corrected chi connectivity index (χ4v) is 3.94. The molecule has 0 radical (unpaired) electrons. The van der Waals surface area contributed by atoms with E-state index in [0.717, 1.165) is 10.6 Å². The number of rotatable bonds is 6. The first-order valence-corrected chi connectivity index (χ1v) is 10.0. The van der Waals surface area contributed by atoms with E-state index in [0.29, 0.717) is 10.6 Å². The molecule has 0 saturated heterocycles. The maximum atomic E-state index is 12.6. The summed E-state index contributed by atoms with van der Waals surface area (Å²) >= 11 is 5.99. The predicted molar refractivity (Wildman–Crippen MR) is 105 cm³/mol. The van der Waals surface area contributed by atoms with E-state index in [1.807, 2.05) is 0 Å². The molecule has 8 nitrogen and oxygen atoms in total. The molecule has 144 valence electrons. The summed E-state index contributed by atoms with van der Waals surface area (Å²) in [7, 11) is -3.81. The smallest absolute Gasteiger partial charge is 0.271 e. The van der Waals surface area contributed by atoms with E-state index in [2.05, 4.69) is 5.32 Å². The zero-order chi connectivity index (χ0) is 20.4. The number of carbonyl (C=O) groups excluding carboxylic acids is 1. The third-order valence-corrected chi connectivity index (χ3v) is 5.28. The van der Waals surface area contributed by atoms with Crippen molar-refractivity contribution in [2.24, 2.45) is 0 Å². The molecule has 2 aromatic carbocycles. The van der Waals surface area contributed by atoms with Crippen LogP contribution in [0.1, 0.15) is 12.5 Å². The molecule has 0 aliphatic carbocycles. The molecule has 2 aromatic rings. The van der Waals surface area contributed by atoms with Crippen LogP contribution >= 0.6 is 11.6 Å². The lowest BCUT2D eigenvalue weighted by Gasteiger charge is -2.29. The average molecular weight is 412 g/mol. The zero-order valence-corrected chi connectivity index (χ0v) is 16.4. The lowest BCUT2D eigenvalue weighted by atomic mass is 10.1. The highest BCUT2D eigenvalue weighted by atomic mass is 35.5. The first kappa shape index (κ1) is 20.7. The Hall–Kier alpha value is -2.65. The quantitative estimate of drug-likeness (QED) is 0.579. The van der Waals surface area contributed by atoms with Crippen LogP contribution in [0.4, 0.5) is 17.1 Å². The summed E-state index contributed by atoms with van der Waals surface area (Å²) in [6, 6.07) is 9.01. The Morgan fingerprint density at radius 2 is 1.93 bits per heavy atom. The standard InChI is InChI=1S/C17H18ClN3O5S/c1-11-7-8-13(18)9-16(11)20(27(3,25)26)12(2)17(22)19-14-5-4-6-15(10-14)21(23)24/h4-10,12H,1-3H3,(H,19,22)/t12-/m1/s1. The molecular formula is C17H18ClN3O5S. The van der Waals surface area contributed by atoms with Crippen molar-refractivity contribution in [3.8, 4) is 0 Å². The first-order valence-electron chi connectivity index (χ1n) is 7.81. The highest BCUT2D eigenvalue weighted by Crippen LogP contribution is 2.28. The van der Waals surface area contributed by atoms with E-state index in [4.69, 9.17) is 11.6 Å². The summed E-state index contributed by atoms with van der Waals surface area (Å²) in [5.41, 5.74) is 0.912. The molecule has 1 N–H and O–H groups in total. The number of nitro benzene ring substituents is 1. The number of carbonyl (C=O) groups is 1. The Balaban J connectivity index is 2.37. The van der Waals surface area contributed by atoms with E-state index in [9.17, 15) is 23.3 Å². The van der Waals surface area contributed by atoms with Gasteiger partial charge in [-0.15, -0.1) is 0 Å². The minimum atomic E-state index is -3.81. The van der Waals surface area contributed by atoms with Gasteiger partial charge in [-0.05, 0) is 37.6 Å². The molecule has 2 rings (SSSR count). The summed E-state index contributed by atoms with van der Waals surface area (Å²) < 4.78 is 25.7. The van der Waals surface area contributed by atoms with Gasteiger partial charge in [-0.1, -0.05) is 23.7 Å².